The van der Waals surface area contributed by atoms with Gasteiger partial charge in [-0.25, -0.2) is 9.97 Å². The smallest absolute Gasteiger partial charge is 0.143 e. The number of pyridine rings is 1. The average Bonchev–Trinajstić information content (AvgIpc) is 2.57. The molecule has 64 valence electrons. The minimum absolute atomic E-state index is 1.03. The lowest BCUT2D eigenvalue weighted by atomic mass is 10.3. The van der Waals surface area contributed by atoms with Crippen LogP contribution in [0.2, 0.25) is 0 Å². The second-order valence-electron chi connectivity index (χ2n) is 2.13. The zero-order valence-corrected chi connectivity index (χ0v) is 8.35. The van der Waals surface area contributed by atoms with Crippen LogP contribution in [-0.4, -0.2) is 9.97 Å². The Morgan fingerprint density at radius 3 is 2.67 bits per heavy atom. The predicted octanol–water partition coefficient (Wildman–Crippen LogP) is 3.03. The molecule has 0 unspecified atom stereocenters. The van der Waals surface area contributed by atoms with E-state index in [0.29, 0.717) is 0 Å². The zero-order valence-electron chi connectivity index (χ0n) is 7.53. The van der Waals surface area contributed by atoms with Crippen molar-refractivity contribution in [2.45, 2.75) is 20.8 Å². The van der Waals surface area contributed by atoms with Crippen LogP contribution in [0.3, 0.4) is 0 Å². The number of hydrogen-bond acceptors (Lipinski definition) is 3. The fraction of sp³-hybridized carbons (Fsp3) is 0.333. The van der Waals surface area contributed by atoms with Crippen LogP contribution in [0.25, 0.3) is 10.3 Å². The van der Waals surface area contributed by atoms with Crippen molar-refractivity contribution >= 4 is 21.7 Å². The second-order valence-corrected chi connectivity index (χ2v) is 2.97. The summed E-state index contributed by atoms with van der Waals surface area (Å²) >= 11 is 1.58. The van der Waals surface area contributed by atoms with E-state index in [9.17, 15) is 0 Å². The third-order valence-electron chi connectivity index (χ3n) is 1.44. The lowest BCUT2D eigenvalue weighted by Gasteiger charge is -1.89. The van der Waals surface area contributed by atoms with Crippen LogP contribution in [0, 0.1) is 6.92 Å². The molecule has 0 aromatic carbocycles. The molecule has 0 aliphatic rings. The Kier molecular flexibility index (Phi) is 3.17. The first-order chi connectivity index (χ1) is 5.88. The van der Waals surface area contributed by atoms with Crippen molar-refractivity contribution in [2.75, 3.05) is 0 Å². The number of rotatable bonds is 0. The summed E-state index contributed by atoms with van der Waals surface area (Å²) in [7, 11) is 0. The van der Waals surface area contributed by atoms with Gasteiger partial charge in [-0.05, 0) is 18.6 Å². The Balaban J connectivity index is 0.000000336. The highest BCUT2D eigenvalue weighted by Crippen LogP contribution is 2.16. The van der Waals surface area contributed by atoms with Crippen LogP contribution in [0.15, 0.2) is 17.8 Å². The highest BCUT2D eigenvalue weighted by atomic mass is 32.1. The van der Waals surface area contributed by atoms with Crippen molar-refractivity contribution in [2.24, 2.45) is 0 Å². The fourth-order valence-electron chi connectivity index (χ4n) is 0.898. The summed E-state index contributed by atoms with van der Waals surface area (Å²) in [5.41, 5.74) is 4.06. The molecule has 2 heterocycles. The number of nitrogens with zero attached hydrogens (tertiary/aromatic N) is 2. The van der Waals surface area contributed by atoms with Gasteiger partial charge in [0.2, 0.25) is 0 Å². The van der Waals surface area contributed by atoms with E-state index < -0.39 is 0 Å². The standard InChI is InChI=1S/C7H6N2S.C2H6/c1-5-2-3-8-7-6(5)9-4-10-7;1-2/h2-4H,1H3;1-2H3. The van der Waals surface area contributed by atoms with Crippen LogP contribution < -0.4 is 0 Å². The monoisotopic (exact) mass is 180 g/mol. The molecule has 0 atom stereocenters. The average molecular weight is 180 g/mol. The van der Waals surface area contributed by atoms with E-state index in [1.807, 2.05) is 38.5 Å². The molecule has 0 aliphatic heterocycles. The summed E-state index contributed by atoms with van der Waals surface area (Å²) in [6.07, 6.45) is 1.82. The molecule has 0 spiro atoms. The minimum atomic E-state index is 1.03. The normalized spacial score (nSPS) is 9.25. The van der Waals surface area contributed by atoms with Gasteiger partial charge in [-0.1, -0.05) is 13.8 Å². The minimum Gasteiger partial charge on any atom is -0.244 e. The lowest BCUT2D eigenvalue weighted by Crippen LogP contribution is -1.76. The summed E-state index contributed by atoms with van der Waals surface area (Å²) in [4.78, 5) is 9.36. The van der Waals surface area contributed by atoms with Gasteiger partial charge in [0.25, 0.3) is 0 Å². The Morgan fingerprint density at radius 1 is 1.25 bits per heavy atom. The SMILES string of the molecule is CC.Cc1ccnc2scnc12. The van der Waals surface area contributed by atoms with Crippen LogP contribution in [0.1, 0.15) is 19.4 Å². The maximum Gasteiger partial charge on any atom is 0.143 e. The molecule has 2 aromatic heterocycles. The van der Waals surface area contributed by atoms with Crippen molar-refractivity contribution in [1.82, 2.24) is 9.97 Å². The van der Waals surface area contributed by atoms with Crippen LogP contribution in [0.5, 0.6) is 0 Å². The zero-order chi connectivity index (χ0) is 8.97. The molecule has 0 aliphatic carbocycles. The lowest BCUT2D eigenvalue weighted by molar-refractivity contribution is 1.35. The van der Waals surface area contributed by atoms with Gasteiger partial charge in [0, 0.05) is 6.20 Å². The Bertz CT molecular complexity index is 354. The van der Waals surface area contributed by atoms with Crippen molar-refractivity contribution < 1.29 is 0 Å². The molecule has 12 heavy (non-hydrogen) atoms. The van der Waals surface area contributed by atoms with E-state index in [2.05, 4.69) is 9.97 Å². The highest BCUT2D eigenvalue weighted by molar-refractivity contribution is 7.16. The molecule has 3 heteroatoms. The van der Waals surface area contributed by atoms with E-state index in [1.165, 1.54) is 5.56 Å². The van der Waals surface area contributed by atoms with Gasteiger partial charge in [-0.15, -0.1) is 11.3 Å². The Hall–Kier alpha value is -0.960. The van der Waals surface area contributed by atoms with Crippen molar-refractivity contribution in [1.29, 1.82) is 0 Å². The number of fused-ring (bicyclic) bond motifs is 1. The largest absolute Gasteiger partial charge is 0.244 e. The molecule has 0 fully saturated rings. The molecule has 0 bridgehead atoms. The molecule has 2 nitrogen and oxygen atoms in total. The predicted molar refractivity (Wildman–Crippen MR) is 53.5 cm³/mol. The summed E-state index contributed by atoms with van der Waals surface area (Å²) in [5, 5.41) is 0. The number of aromatic nitrogens is 2. The van der Waals surface area contributed by atoms with Crippen molar-refractivity contribution in [3.63, 3.8) is 0 Å². The molecular weight excluding hydrogens is 168 g/mol. The van der Waals surface area contributed by atoms with E-state index in [-0.39, 0.29) is 0 Å². The molecule has 0 amide bonds. The van der Waals surface area contributed by atoms with Gasteiger partial charge in [-0.2, -0.15) is 0 Å². The van der Waals surface area contributed by atoms with Crippen LogP contribution in [-0.2, 0) is 0 Å². The number of aryl methyl sites for hydroxylation is 1. The van der Waals surface area contributed by atoms with Gasteiger partial charge < -0.3 is 0 Å². The Morgan fingerprint density at radius 2 is 2.00 bits per heavy atom. The van der Waals surface area contributed by atoms with E-state index >= 15 is 0 Å². The first kappa shape index (κ1) is 9.13. The van der Waals surface area contributed by atoms with Crippen molar-refractivity contribution in [3.8, 4) is 0 Å². The number of thiazole rings is 1. The maximum atomic E-state index is 4.17. The highest BCUT2D eigenvalue weighted by Gasteiger charge is 1.97. The van der Waals surface area contributed by atoms with E-state index in [1.54, 1.807) is 11.3 Å². The molecule has 0 radical (unpaired) electrons. The maximum absolute atomic E-state index is 4.17. The van der Waals surface area contributed by atoms with Crippen molar-refractivity contribution in [3.05, 3.63) is 23.3 Å². The topological polar surface area (TPSA) is 25.8 Å². The van der Waals surface area contributed by atoms with E-state index in [4.69, 9.17) is 0 Å². The van der Waals surface area contributed by atoms with E-state index in [0.717, 1.165) is 10.3 Å². The summed E-state index contributed by atoms with van der Waals surface area (Å²) in [5.74, 6) is 0. The fourth-order valence-corrected chi connectivity index (χ4v) is 1.60. The quantitative estimate of drug-likeness (QED) is 0.622. The summed E-state index contributed by atoms with van der Waals surface area (Å²) < 4.78 is 0. The van der Waals surface area contributed by atoms with Crippen LogP contribution >= 0.6 is 11.3 Å². The van der Waals surface area contributed by atoms with Gasteiger partial charge >= 0.3 is 0 Å². The first-order valence-electron chi connectivity index (χ1n) is 4.03. The van der Waals surface area contributed by atoms with Gasteiger partial charge in [0.1, 0.15) is 10.3 Å². The summed E-state index contributed by atoms with van der Waals surface area (Å²) in [6, 6.07) is 1.97. The molecule has 0 N–H and O–H groups in total. The van der Waals surface area contributed by atoms with Crippen LogP contribution in [0.4, 0.5) is 0 Å². The number of hydrogen-bond donors (Lipinski definition) is 0. The molecule has 2 rings (SSSR count). The second kappa shape index (κ2) is 4.16. The third kappa shape index (κ3) is 1.61. The van der Waals surface area contributed by atoms with Gasteiger partial charge in [0.15, 0.2) is 0 Å². The summed E-state index contributed by atoms with van der Waals surface area (Å²) in [6.45, 7) is 6.05. The molecule has 0 saturated carbocycles. The molecular formula is C9H12N2S. The first-order valence-corrected chi connectivity index (χ1v) is 4.91. The Labute approximate surface area is 76.3 Å². The third-order valence-corrected chi connectivity index (χ3v) is 2.17. The molecule has 2 aromatic rings. The molecule has 0 saturated heterocycles. The van der Waals surface area contributed by atoms with Gasteiger partial charge in [-0.3, -0.25) is 0 Å². The van der Waals surface area contributed by atoms with Gasteiger partial charge in [0.05, 0.1) is 5.51 Å².